The molecule has 0 aliphatic rings. The summed E-state index contributed by atoms with van der Waals surface area (Å²) in [5.41, 5.74) is 7.04. The molecule has 0 unspecified atom stereocenters. The van der Waals surface area contributed by atoms with E-state index in [1.807, 2.05) is 11.3 Å². The van der Waals surface area contributed by atoms with Gasteiger partial charge in [-0.1, -0.05) is 127 Å². The van der Waals surface area contributed by atoms with E-state index in [0.717, 1.165) is 17.1 Å². The maximum absolute atomic E-state index is 2.45. The number of hydrogen-bond donors (Lipinski definition) is 0. The van der Waals surface area contributed by atoms with E-state index >= 15 is 0 Å². The van der Waals surface area contributed by atoms with Gasteiger partial charge in [0.1, 0.15) is 0 Å². The average molecular weight is 617 g/mol. The zero-order valence-corrected chi connectivity index (χ0v) is 26.3. The molecule has 0 amide bonds. The van der Waals surface area contributed by atoms with Crippen LogP contribution in [0.25, 0.3) is 69.2 Å². The molecule has 2 heterocycles. The molecule has 0 bridgehead atoms. The zero-order chi connectivity index (χ0) is 30.9. The van der Waals surface area contributed by atoms with Crippen LogP contribution in [0.15, 0.2) is 170 Å². The van der Waals surface area contributed by atoms with E-state index in [2.05, 4.69) is 179 Å². The van der Waals surface area contributed by atoms with Crippen LogP contribution in [0, 0.1) is 0 Å². The molecule has 3 heteroatoms. The van der Waals surface area contributed by atoms with Gasteiger partial charge >= 0.3 is 0 Å². The Hall–Kier alpha value is -5.90. The molecular weight excluding hydrogens is 589 g/mol. The van der Waals surface area contributed by atoms with E-state index in [4.69, 9.17) is 0 Å². The normalized spacial score (nSPS) is 11.8. The van der Waals surface area contributed by atoms with Crippen molar-refractivity contribution in [2.45, 2.75) is 0 Å². The van der Waals surface area contributed by atoms with Gasteiger partial charge in [-0.05, 0) is 58.6 Å². The number of para-hydroxylation sites is 2. The van der Waals surface area contributed by atoms with Crippen LogP contribution >= 0.6 is 11.3 Å². The van der Waals surface area contributed by atoms with Gasteiger partial charge in [0.2, 0.25) is 0 Å². The molecule has 2 aromatic heterocycles. The second-order valence-electron chi connectivity index (χ2n) is 12.1. The molecule has 0 saturated carbocycles. The van der Waals surface area contributed by atoms with Crippen molar-refractivity contribution < 1.29 is 0 Å². The topological polar surface area (TPSA) is 8.17 Å². The van der Waals surface area contributed by atoms with Gasteiger partial charge in [-0.2, -0.15) is 0 Å². The van der Waals surface area contributed by atoms with Crippen molar-refractivity contribution in [2.24, 2.45) is 0 Å². The molecule has 0 N–H and O–H groups in total. The van der Waals surface area contributed by atoms with Gasteiger partial charge in [-0.3, -0.25) is 0 Å². The third-order valence-corrected chi connectivity index (χ3v) is 10.8. The fourth-order valence-electron chi connectivity index (χ4n) is 7.44. The zero-order valence-electron chi connectivity index (χ0n) is 25.5. The lowest BCUT2D eigenvalue weighted by molar-refractivity contribution is 1.18. The first-order chi connectivity index (χ1) is 23.3. The molecule has 0 fully saturated rings. The third kappa shape index (κ3) is 3.97. The van der Waals surface area contributed by atoms with Crippen molar-refractivity contribution >= 4 is 91.9 Å². The smallest absolute Gasteiger partial charge is 0.0640 e. The minimum absolute atomic E-state index is 1.13. The lowest BCUT2D eigenvalue weighted by Crippen LogP contribution is -2.10. The van der Waals surface area contributed by atoms with Crippen molar-refractivity contribution in [3.05, 3.63) is 170 Å². The van der Waals surface area contributed by atoms with E-state index in [1.54, 1.807) is 0 Å². The highest BCUT2D eigenvalue weighted by atomic mass is 32.1. The molecule has 0 atom stereocenters. The van der Waals surface area contributed by atoms with Gasteiger partial charge in [0, 0.05) is 48.7 Å². The Kier molecular flexibility index (Phi) is 5.78. The Morgan fingerprint density at radius 3 is 1.83 bits per heavy atom. The highest BCUT2D eigenvalue weighted by molar-refractivity contribution is 7.27. The van der Waals surface area contributed by atoms with Crippen molar-refractivity contribution in [1.82, 2.24) is 4.57 Å². The van der Waals surface area contributed by atoms with E-state index in [1.165, 1.54) is 69.2 Å². The standard InChI is InChI=1S/C44H28N2S/c1-3-14-31(15-4-1)45(40-21-11-20-38-39-26-23-30-13-8-10-19-35(30)43(39)47-44(38)40)33-24-27-36-37-25-22-29-12-7-9-18-34(29)42(37)46(41(36)28-33)32-16-5-2-6-17-32/h1-28H. The third-order valence-electron chi connectivity index (χ3n) is 9.53. The van der Waals surface area contributed by atoms with Crippen LogP contribution in [0.1, 0.15) is 0 Å². The summed E-state index contributed by atoms with van der Waals surface area (Å²) in [6.07, 6.45) is 0. The largest absolute Gasteiger partial charge is 0.309 e. The fourth-order valence-corrected chi connectivity index (χ4v) is 8.78. The van der Waals surface area contributed by atoms with Crippen LogP contribution in [0.2, 0.25) is 0 Å². The molecule has 0 spiro atoms. The number of aromatic nitrogens is 1. The highest BCUT2D eigenvalue weighted by Crippen LogP contribution is 2.47. The molecule has 0 aliphatic heterocycles. The van der Waals surface area contributed by atoms with E-state index in [9.17, 15) is 0 Å². The van der Waals surface area contributed by atoms with Gasteiger partial charge in [0.25, 0.3) is 0 Å². The summed E-state index contributed by atoms with van der Waals surface area (Å²) in [5.74, 6) is 0. The summed E-state index contributed by atoms with van der Waals surface area (Å²) in [7, 11) is 0. The maximum Gasteiger partial charge on any atom is 0.0640 e. The number of benzene rings is 8. The molecule has 0 radical (unpaired) electrons. The van der Waals surface area contributed by atoms with Crippen LogP contribution in [0.4, 0.5) is 17.1 Å². The van der Waals surface area contributed by atoms with Gasteiger partial charge < -0.3 is 9.47 Å². The van der Waals surface area contributed by atoms with Crippen LogP contribution < -0.4 is 4.90 Å². The molecular formula is C44H28N2S. The number of hydrogen-bond acceptors (Lipinski definition) is 2. The molecule has 0 saturated heterocycles. The predicted molar refractivity (Wildman–Crippen MR) is 203 cm³/mol. The number of anilines is 3. The summed E-state index contributed by atoms with van der Waals surface area (Å²) in [4.78, 5) is 2.43. The maximum atomic E-state index is 2.45. The van der Waals surface area contributed by atoms with E-state index < -0.39 is 0 Å². The molecule has 8 aromatic carbocycles. The minimum Gasteiger partial charge on any atom is -0.309 e. The van der Waals surface area contributed by atoms with Gasteiger partial charge in [-0.25, -0.2) is 0 Å². The Morgan fingerprint density at radius 2 is 1.02 bits per heavy atom. The summed E-state index contributed by atoms with van der Waals surface area (Å²) in [6, 6.07) is 61.8. The Labute approximate surface area is 276 Å². The Balaban J connectivity index is 1.29. The van der Waals surface area contributed by atoms with Crippen molar-refractivity contribution in [3.8, 4) is 5.69 Å². The molecule has 0 aliphatic carbocycles. The van der Waals surface area contributed by atoms with Gasteiger partial charge in [0.05, 0.1) is 21.4 Å². The molecule has 10 rings (SSSR count). The molecule has 220 valence electrons. The first-order valence-electron chi connectivity index (χ1n) is 16.0. The quantitative estimate of drug-likeness (QED) is 0.191. The second-order valence-corrected chi connectivity index (χ2v) is 13.2. The summed E-state index contributed by atoms with van der Waals surface area (Å²) >= 11 is 1.90. The Morgan fingerprint density at radius 1 is 0.404 bits per heavy atom. The van der Waals surface area contributed by atoms with Crippen LogP contribution in [-0.4, -0.2) is 4.57 Å². The monoisotopic (exact) mass is 616 g/mol. The Bertz CT molecular complexity index is 2790. The summed E-state index contributed by atoms with van der Waals surface area (Å²) in [6.45, 7) is 0. The van der Waals surface area contributed by atoms with Gasteiger partial charge in [-0.15, -0.1) is 11.3 Å². The fraction of sp³-hybridized carbons (Fsp3) is 0. The molecule has 10 aromatic rings. The van der Waals surface area contributed by atoms with Crippen LogP contribution in [0.3, 0.4) is 0 Å². The highest BCUT2D eigenvalue weighted by Gasteiger charge is 2.21. The summed E-state index contributed by atoms with van der Waals surface area (Å²) in [5, 5.41) is 10.2. The van der Waals surface area contributed by atoms with Crippen LogP contribution in [-0.2, 0) is 0 Å². The second kappa shape index (κ2) is 10.3. The van der Waals surface area contributed by atoms with Crippen LogP contribution in [0.5, 0.6) is 0 Å². The molecule has 47 heavy (non-hydrogen) atoms. The first kappa shape index (κ1) is 26.3. The SMILES string of the molecule is c1ccc(N(c2ccc3c4ccc5ccccc5c4n(-c4ccccc4)c3c2)c2cccc3c2sc2c4ccccc4ccc32)cc1. The number of thiophene rings is 1. The van der Waals surface area contributed by atoms with Crippen molar-refractivity contribution in [3.63, 3.8) is 0 Å². The average Bonchev–Trinajstić information content (AvgIpc) is 3.69. The number of nitrogens with zero attached hydrogens (tertiary/aromatic N) is 2. The summed E-state index contributed by atoms with van der Waals surface area (Å²) < 4.78 is 5.08. The van der Waals surface area contributed by atoms with Gasteiger partial charge in [0.15, 0.2) is 0 Å². The number of rotatable bonds is 4. The minimum atomic E-state index is 1.13. The van der Waals surface area contributed by atoms with Crippen molar-refractivity contribution in [2.75, 3.05) is 4.90 Å². The van der Waals surface area contributed by atoms with Crippen molar-refractivity contribution in [1.29, 1.82) is 0 Å². The first-order valence-corrected chi connectivity index (χ1v) is 16.8. The van der Waals surface area contributed by atoms with E-state index in [0.29, 0.717) is 0 Å². The number of fused-ring (bicyclic) bond motifs is 10. The lowest BCUT2D eigenvalue weighted by Gasteiger charge is -2.26. The van der Waals surface area contributed by atoms with E-state index in [-0.39, 0.29) is 0 Å². The lowest BCUT2D eigenvalue weighted by atomic mass is 10.0. The predicted octanol–water partition coefficient (Wildman–Crippen LogP) is 12.9. The molecule has 2 nitrogen and oxygen atoms in total.